The average Bonchev–Trinajstić information content (AvgIpc) is 2.40. The first-order valence-corrected chi connectivity index (χ1v) is 6.22. The Morgan fingerprint density at radius 1 is 0.290 bits per heavy atom. The predicted molar refractivity (Wildman–Crippen MR) is 51.1 cm³/mol. The molecule has 0 aromatic heterocycles. The molecule has 31 heavy (non-hydrogen) atoms. The molecule has 21 heteroatoms. The third kappa shape index (κ3) is 4.04. The molecule has 187 valence electrons. The van der Waals surface area contributed by atoms with E-state index in [-0.39, 0.29) is 0 Å². The maximum atomic E-state index is 13.8. The summed E-state index contributed by atoms with van der Waals surface area (Å²) in [5.74, 6) is -42.0. The van der Waals surface area contributed by atoms with E-state index in [1.54, 1.807) is 0 Å². The van der Waals surface area contributed by atoms with Crippen LogP contribution in [0.25, 0.3) is 0 Å². The van der Waals surface area contributed by atoms with Crippen molar-refractivity contribution in [3.63, 3.8) is 0 Å². The number of hydrogen-bond acceptors (Lipinski definition) is 0. The van der Waals surface area contributed by atoms with Crippen LogP contribution < -0.4 is 0 Å². The Morgan fingerprint density at radius 3 is 0.742 bits per heavy atom. The minimum atomic E-state index is -9.25. The van der Waals surface area contributed by atoms with Crippen LogP contribution in [0.15, 0.2) is 0 Å². The van der Waals surface area contributed by atoms with Crippen LogP contribution >= 0.6 is 0 Å². The van der Waals surface area contributed by atoms with E-state index < -0.39 is 60.0 Å². The number of alkyl halides is 21. The van der Waals surface area contributed by atoms with E-state index >= 15 is 0 Å². The Kier molecular flexibility index (Phi) is 6.68. The van der Waals surface area contributed by atoms with Crippen molar-refractivity contribution < 1.29 is 92.2 Å². The molecule has 0 aliphatic heterocycles. The molecule has 0 rings (SSSR count). The summed E-state index contributed by atoms with van der Waals surface area (Å²) < 4.78 is 265. The first kappa shape index (κ1) is 29.5. The average molecular weight is 519 g/mol. The first-order chi connectivity index (χ1) is 12.9. The molecule has 0 heterocycles. The van der Waals surface area contributed by atoms with Crippen LogP contribution in [0.2, 0.25) is 0 Å². The monoisotopic (exact) mass is 519 g/mol. The van der Waals surface area contributed by atoms with Crippen LogP contribution in [0.5, 0.6) is 0 Å². The van der Waals surface area contributed by atoms with Gasteiger partial charge in [-0.1, -0.05) is 0 Å². The lowest BCUT2D eigenvalue weighted by atomic mass is 9.76. The van der Waals surface area contributed by atoms with Crippen LogP contribution in [-0.4, -0.2) is 54.1 Å². The fraction of sp³-hybridized carbons (Fsp3) is 0.900. The first-order valence-electron chi connectivity index (χ1n) is 6.22. The highest BCUT2D eigenvalue weighted by Crippen LogP contribution is 2.67. The Morgan fingerprint density at radius 2 is 0.548 bits per heavy atom. The van der Waals surface area contributed by atoms with Gasteiger partial charge < -0.3 is 0 Å². The predicted octanol–water partition coefficient (Wildman–Crippen LogP) is 7.06. The molecule has 0 aromatic rings. The Balaban J connectivity index is 7.41. The van der Waals surface area contributed by atoms with E-state index in [9.17, 15) is 92.2 Å². The molecule has 1 atom stereocenters. The van der Waals surface area contributed by atoms with Crippen molar-refractivity contribution in [1.82, 2.24) is 0 Å². The lowest BCUT2D eigenvalue weighted by molar-refractivity contribution is -0.450. The molecule has 1 radical (unpaired) electrons. The standard InChI is InChI=1S/C10F21/c11-2(9(26,27)28,1(3(12,13)14)4(15,16)17)5(18,19)6(20,21)7(22,23)8(24,25)10(29,30)31. The molecule has 0 nitrogen and oxygen atoms in total. The highest BCUT2D eigenvalue weighted by atomic mass is 19.4. The van der Waals surface area contributed by atoms with Crippen molar-refractivity contribution in [3.8, 4) is 0 Å². The normalized spacial score (nSPS) is 18.4. The molecule has 0 aliphatic carbocycles. The molecule has 0 amide bonds. The third-order valence-electron chi connectivity index (χ3n) is 3.27. The van der Waals surface area contributed by atoms with Crippen LogP contribution in [-0.2, 0) is 0 Å². The molecule has 0 fully saturated rings. The summed E-state index contributed by atoms with van der Waals surface area (Å²) in [7, 11) is 0. The van der Waals surface area contributed by atoms with Gasteiger partial charge in [-0.15, -0.1) is 0 Å². The maximum Gasteiger partial charge on any atom is 0.460 e. The second kappa shape index (κ2) is 7.01. The van der Waals surface area contributed by atoms with Gasteiger partial charge >= 0.3 is 48.4 Å². The van der Waals surface area contributed by atoms with Gasteiger partial charge in [0, 0.05) is 0 Å². The second-order valence-corrected chi connectivity index (χ2v) is 5.32. The highest BCUT2D eigenvalue weighted by Gasteiger charge is 2.97. The zero-order valence-electron chi connectivity index (χ0n) is 12.9. The van der Waals surface area contributed by atoms with Gasteiger partial charge in [0.25, 0.3) is 5.67 Å². The zero-order valence-corrected chi connectivity index (χ0v) is 12.9. The van der Waals surface area contributed by atoms with Gasteiger partial charge in [-0.2, -0.15) is 87.8 Å². The molecule has 0 aromatic carbocycles. The fourth-order valence-electron chi connectivity index (χ4n) is 1.82. The molecule has 1 unspecified atom stereocenters. The summed E-state index contributed by atoms with van der Waals surface area (Å²) in [5.41, 5.74) is -8.99. The van der Waals surface area contributed by atoms with Gasteiger partial charge in [-0.25, -0.2) is 4.39 Å². The molecule has 0 saturated carbocycles. The fourth-order valence-corrected chi connectivity index (χ4v) is 1.82. The SMILES string of the molecule is FC(F)(F)[C](C(F)(F)F)C(F)(C(F)(F)F)C(F)(F)C(F)(F)C(F)(F)C(F)(F)C(F)(F)F. The van der Waals surface area contributed by atoms with Crippen molar-refractivity contribution >= 4 is 0 Å². The minimum absolute atomic E-state index is 6.18. The minimum Gasteiger partial charge on any atom is -0.225 e. The van der Waals surface area contributed by atoms with Gasteiger partial charge in [0.05, 0.1) is 0 Å². The van der Waals surface area contributed by atoms with Crippen LogP contribution in [0, 0.1) is 5.92 Å². The van der Waals surface area contributed by atoms with Crippen LogP contribution in [0.4, 0.5) is 92.2 Å². The summed E-state index contributed by atoms with van der Waals surface area (Å²) >= 11 is 0. The van der Waals surface area contributed by atoms with Gasteiger partial charge in [0.15, 0.2) is 0 Å². The topological polar surface area (TPSA) is 0 Å². The van der Waals surface area contributed by atoms with E-state index in [1.807, 2.05) is 0 Å². The molecule has 0 spiro atoms. The van der Waals surface area contributed by atoms with Crippen LogP contribution in [0.1, 0.15) is 0 Å². The van der Waals surface area contributed by atoms with Crippen molar-refractivity contribution in [3.05, 3.63) is 5.92 Å². The quantitative estimate of drug-likeness (QED) is 0.342. The summed E-state index contributed by atoms with van der Waals surface area (Å²) in [6, 6.07) is 0. The number of rotatable bonds is 5. The number of halogens is 21. The lowest BCUT2D eigenvalue weighted by Gasteiger charge is -2.45. The van der Waals surface area contributed by atoms with Crippen molar-refractivity contribution in [2.24, 2.45) is 0 Å². The van der Waals surface area contributed by atoms with Gasteiger partial charge in [-0.05, 0) is 0 Å². The van der Waals surface area contributed by atoms with E-state index in [1.165, 1.54) is 0 Å². The van der Waals surface area contributed by atoms with Crippen molar-refractivity contribution in [1.29, 1.82) is 0 Å². The summed E-state index contributed by atoms with van der Waals surface area (Å²) in [6.45, 7) is 0. The maximum absolute atomic E-state index is 13.8. The molecule has 0 aliphatic rings. The summed E-state index contributed by atoms with van der Waals surface area (Å²) in [4.78, 5) is 0. The molecular formula is C10F21. The summed E-state index contributed by atoms with van der Waals surface area (Å²) in [6.07, 6.45) is -32.7. The third-order valence-corrected chi connectivity index (χ3v) is 3.27. The molecular weight excluding hydrogens is 519 g/mol. The Bertz CT molecular complexity index is 625. The second-order valence-electron chi connectivity index (χ2n) is 5.32. The lowest BCUT2D eigenvalue weighted by Crippen LogP contribution is -2.76. The van der Waals surface area contributed by atoms with Gasteiger partial charge in [-0.3, -0.25) is 0 Å². The van der Waals surface area contributed by atoms with Crippen molar-refractivity contribution in [2.75, 3.05) is 0 Å². The number of hydrogen-bond donors (Lipinski definition) is 0. The van der Waals surface area contributed by atoms with Gasteiger partial charge in [0.1, 0.15) is 0 Å². The van der Waals surface area contributed by atoms with E-state index in [0.717, 1.165) is 0 Å². The highest BCUT2D eigenvalue weighted by molar-refractivity contribution is 5.30. The van der Waals surface area contributed by atoms with Crippen molar-refractivity contribution in [2.45, 2.75) is 54.1 Å². The van der Waals surface area contributed by atoms with Crippen LogP contribution in [0.3, 0.4) is 0 Å². The molecule has 0 bridgehead atoms. The van der Waals surface area contributed by atoms with Gasteiger partial charge in [0.2, 0.25) is 5.92 Å². The van der Waals surface area contributed by atoms with E-state index in [4.69, 9.17) is 0 Å². The van der Waals surface area contributed by atoms with E-state index in [0.29, 0.717) is 0 Å². The Labute approximate surface area is 153 Å². The smallest absolute Gasteiger partial charge is 0.225 e. The molecule has 0 saturated heterocycles. The zero-order chi connectivity index (χ0) is 26.1. The molecule has 0 N–H and O–H groups in total. The Hall–Kier alpha value is -1.47. The largest absolute Gasteiger partial charge is 0.460 e. The van der Waals surface area contributed by atoms with E-state index in [2.05, 4.69) is 0 Å². The summed E-state index contributed by atoms with van der Waals surface area (Å²) in [5, 5.41) is 0.